The molecule has 0 fully saturated rings. The Bertz CT molecular complexity index is 1850. The number of methoxy groups -OCH3 is 1. The van der Waals surface area contributed by atoms with Crippen molar-refractivity contribution in [3.8, 4) is 5.75 Å². The average molecular weight is 635 g/mol. The van der Waals surface area contributed by atoms with Gasteiger partial charge >= 0.3 is 11.7 Å². The highest BCUT2D eigenvalue weighted by Gasteiger charge is 2.33. The number of nitro benzene ring substituents is 1. The zero-order valence-corrected chi connectivity index (χ0v) is 24.5. The summed E-state index contributed by atoms with van der Waals surface area (Å²) < 4.78 is 13.1. The van der Waals surface area contributed by atoms with Gasteiger partial charge in [-0.3, -0.25) is 19.5 Å². The molecule has 1 aliphatic heterocycles. The van der Waals surface area contributed by atoms with Gasteiger partial charge in [-0.1, -0.05) is 78.9 Å². The number of thiazole rings is 1. The topological polar surface area (TPSA) is 113 Å². The van der Waals surface area contributed by atoms with E-state index in [1.165, 1.54) is 17.7 Å². The van der Waals surface area contributed by atoms with E-state index in [-0.39, 0.29) is 23.6 Å². The minimum atomic E-state index is -0.730. The summed E-state index contributed by atoms with van der Waals surface area (Å²) in [6, 6.07) is 20.9. The Labute approximate surface area is 247 Å². The lowest BCUT2D eigenvalue weighted by Crippen LogP contribution is -2.40. The Kier molecular flexibility index (Phi) is 8.27. The fourth-order valence-corrected chi connectivity index (χ4v) is 6.26. The molecule has 4 aromatic rings. The molecule has 0 N–H and O–H groups in total. The average Bonchev–Trinajstić information content (AvgIpc) is 3.29. The van der Waals surface area contributed by atoms with Crippen molar-refractivity contribution < 1.29 is 19.2 Å². The summed E-state index contributed by atoms with van der Waals surface area (Å²) in [6.07, 6.45) is 2.04. The zero-order valence-electron chi connectivity index (χ0n) is 22.1. The lowest BCUT2D eigenvalue weighted by atomic mass is 9.95. The van der Waals surface area contributed by atoms with Crippen LogP contribution in [-0.4, -0.2) is 22.6 Å². The van der Waals surface area contributed by atoms with Crippen molar-refractivity contribution in [3.63, 3.8) is 0 Å². The van der Waals surface area contributed by atoms with Gasteiger partial charge in [-0.15, -0.1) is 0 Å². The maximum atomic E-state index is 13.8. The lowest BCUT2D eigenvalue weighted by molar-refractivity contribution is -0.386. The third-order valence-corrected chi connectivity index (χ3v) is 8.10. The maximum Gasteiger partial charge on any atom is 0.338 e. The van der Waals surface area contributed by atoms with E-state index < -0.39 is 16.9 Å². The van der Waals surface area contributed by atoms with Crippen molar-refractivity contribution in [2.45, 2.75) is 26.0 Å². The highest BCUT2D eigenvalue weighted by molar-refractivity contribution is 9.10. The smallest absolute Gasteiger partial charge is 0.338 e. The molecule has 1 aliphatic rings. The van der Waals surface area contributed by atoms with Crippen molar-refractivity contribution in [2.75, 3.05) is 7.11 Å². The number of hydrogen-bond donors (Lipinski definition) is 0. The van der Waals surface area contributed by atoms with E-state index in [4.69, 9.17) is 9.47 Å². The molecule has 0 radical (unpaired) electrons. The summed E-state index contributed by atoms with van der Waals surface area (Å²) in [4.78, 5) is 43.3. The number of carbonyl (C=O) groups excluding carboxylic acids is 1. The third-order valence-electron chi connectivity index (χ3n) is 6.53. The van der Waals surface area contributed by atoms with Gasteiger partial charge in [0.1, 0.15) is 6.61 Å². The fraction of sp³-hybridized carbons (Fsp3) is 0.167. The summed E-state index contributed by atoms with van der Waals surface area (Å²) >= 11 is 4.56. The van der Waals surface area contributed by atoms with Crippen molar-refractivity contribution in [3.05, 3.63) is 135 Å². The second-order valence-corrected chi connectivity index (χ2v) is 10.9. The van der Waals surface area contributed by atoms with Crippen LogP contribution in [0.15, 0.2) is 98.3 Å². The lowest BCUT2D eigenvalue weighted by Gasteiger charge is -2.25. The van der Waals surface area contributed by atoms with Gasteiger partial charge in [0.05, 0.1) is 38.4 Å². The van der Waals surface area contributed by atoms with Gasteiger partial charge in [0, 0.05) is 6.07 Å². The van der Waals surface area contributed by atoms with Crippen LogP contribution in [0.5, 0.6) is 5.75 Å². The summed E-state index contributed by atoms with van der Waals surface area (Å²) in [5.74, 6) is -0.462. The van der Waals surface area contributed by atoms with Crippen LogP contribution in [0.4, 0.5) is 5.69 Å². The Morgan fingerprint density at radius 1 is 1.15 bits per heavy atom. The molecule has 0 aliphatic carbocycles. The van der Waals surface area contributed by atoms with Crippen LogP contribution in [-0.2, 0) is 16.1 Å². The number of rotatable bonds is 8. The summed E-state index contributed by atoms with van der Waals surface area (Å²) in [6.45, 7) is 2.04. The third kappa shape index (κ3) is 5.63. The maximum absolute atomic E-state index is 13.8. The molecule has 1 atom stereocenters. The van der Waals surface area contributed by atoms with Crippen LogP contribution in [0.25, 0.3) is 6.08 Å². The number of benzene rings is 3. The van der Waals surface area contributed by atoms with E-state index >= 15 is 0 Å². The number of halogens is 1. The molecule has 0 saturated carbocycles. The molecular formula is C30H24BrN3O6S. The van der Waals surface area contributed by atoms with E-state index in [9.17, 15) is 19.7 Å². The zero-order chi connectivity index (χ0) is 29.1. The van der Waals surface area contributed by atoms with Crippen molar-refractivity contribution >= 4 is 45.0 Å². The van der Waals surface area contributed by atoms with Crippen LogP contribution in [0.2, 0.25) is 0 Å². The first kappa shape index (κ1) is 28.2. The number of aromatic nitrogens is 1. The number of ether oxygens (including phenoxy) is 2. The predicted octanol–water partition coefficient (Wildman–Crippen LogP) is 5.05. The van der Waals surface area contributed by atoms with E-state index in [1.807, 2.05) is 67.6 Å². The molecule has 0 spiro atoms. The first-order valence-electron chi connectivity index (χ1n) is 12.6. The van der Waals surface area contributed by atoms with Crippen molar-refractivity contribution in [1.29, 1.82) is 0 Å². The first-order chi connectivity index (χ1) is 19.8. The first-order valence-corrected chi connectivity index (χ1v) is 14.3. The molecule has 0 bridgehead atoms. The Morgan fingerprint density at radius 2 is 1.83 bits per heavy atom. The molecule has 11 heteroatoms. The Balaban J connectivity index is 1.63. The number of esters is 1. The van der Waals surface area contributed by atoms with Gasteiger partial charge in [0.25, 0.3) is 5.56 Å². The van der Waals surface area contributed by atoms with E-state index in [0.717, 1.165) is 22.5 Å². The molecule has 0 unspecified atom stereocenters. The normalized spacial score (nSPS) is 14.8. The number of nitro groups is 1. The summed E-state index contributed by atoms with van der Waals surface area (Å²) in [7, 11) is 1.30. The van der Waals surface area contributed by atoms with Gasteiger partial charge in [-0.25, -0.2) is 9.79 Å². The highest BCUT2D eigenvalue weighted by Crippen LogP contribution is 2.37. The number of fused-ring (bicyclic) bond motifs is 1. The minimum Gasteiger partial charge on any atom is -0.481 e. The monoisotopic (exact) mass is 633 g/mol. The Morgan fingerprint density at radius 3 is 2.46 bits per heavy atom. The largest absolute Gasteiger partial charge is 0.481 e. The molecule has 1 aromatic heterocycles. The molecule has 0 saturated heterocycles. The quantitative estimate of drug-likeness (QED) is 0.152. The number of carbonyl (C=O) groups is 1. The van der Waals surface area contributed by atoms with Crippen LogP contribution >= 0.6 is 27.3 Å². The van der Waals surface area contributed by atoms with Gasteiger partial charge in [0.15, 0.2) is 4.80 Å². The molecule has 3 aromatic carbocycles. The molecule has 0 amide bonds. The van der Waals surface area contributed by atoms with Crippen LogP contribution in [0, 0.1) is 10.1 Å². The second kappa shape index (κ2) is 12.0. The number of hydrogen-bond acceptors (Lipinski definition) is 8. The van der Waals surface area contributed by atoms with Crippen molar-refractivity contribution in [1.82, 2.24) is 4.57 Å². The predicted molar refractivity (Wildman–Crippen MR) is 158 cm³/mol. The van der Waals surface area contributed by atoms with E-state index in [0.29, 0.717) is 37.1 Å². The Hall–Kier alpha value is -4.35. The molecule has 5 rings (SSSR count). The molecule has 9 nitrogen and oxygen atoms in total. The SMILES string of the molecule is CCC1=C(C(=O)OC)[C@@H](c2ccccc2)n2c(s/c(=C/c3cc(Br)c(OCc4ccccc4)c([N+](=O)[O-])c3)c2=O)=N1. The minimum absolute atomic E-state index is 0.0943. The summed E-state index contributed by atoms with van der Waals surface area (Å²) in [5.41, 5.74) is 2.26. The molecule has 2 heterocycles. The second-order valence-electron chi connectivity index (χ2n) is 9.08. The van der Waals surface area contributed by atoms with Gasteiger partial charge < -0.3 is 9.47 Å². The summed E-state index contributed by atoms with van der Waals surface area (Å²) in [5, 5.41) is 12.0. The molecule has 208 valence electrons. The number of nitrogens with zero attached hydrogens (tertiary/aromatic N) is 3. The highest BCUT2D eigenvalue weighted by atomic mass is 79.9. The molecular weight excluding hydrogens is 610 g/mol. The van der Waals surface area contributed by atoms with Crippen LogP contribution in [0.1, 0.15) is 36.1 Å². The number of allylic oxidation sites excluding steroid dienone is 1. The van der Waals surface area contributed by atoms with E-state index in [2.05, 4.69) is 20.9 Å². The fourth-order valence-electron chi connectivity index (χ4n) is 4.66. The van der Waals surface area contributed by atoms with Gasteiger partial charge in [-0.05, 0) is 51.2 Å². The van der Waals surface area contributed by atoms with Gasteiger partial charge in [0.2, 0.25) is 5.75 Å². The standard InChI is InChI=1S/C30H24BrN3O6S/c1-3-22-25(29(36)39-2)26(20-12-8-5-9-13-20)33-28(35)24(41-30(33)32-22)16-19-14-21(31)27(23(15-19)34(37)38)40-17-18-10-6-4-7-11-18/h4-16,26H,3,17H2,1-2H3/b24-16+/t26-/m1/s1. The van der Waals surface area contributed by atoms with Gasteiger partial charge in [-0.2, -0.15) is 0 Å². The van der Waals surface area contributed by atoms with E-state index in [1.54, 1.807) is 12.1 Å². The molecule has 41 heavy (non-hydrogen) atoms. The van der Waals surface area contributed by atoms with Crippen LogP contribution < -0.4 is 19.6 Å². The van der Waals surface area contributed by atoms with Crippen LogP contribution in [0.3, 0.4) is 0 Å². The van der Waals surface area contributed by atoms with Crippen molar-refractivity contribution in [2.24, 2.45) is 4.99 Å².